The predicted molar refractivity (Wildman–Crippen MR) is 66.5 cm³/mol. The largest absolute Gasteiger partial charge is 0.479 e. The molecule has 20 heavy (non-hydrogen) atoms. The quantitative estimate of drug-likeness (QED) is 0.766. The van der Waals surface area contributed by atoms with Gasteiger partial charge in [-0.15, -0.1) is 0 Å². The van der Waals surface area contributed by atoms with Gasteiger partial charge in [-0.3, -0.25) is 0 Å². The molecule has 0 aromatic heterocycles. The van der Waals surface area contributed by atoms with Crippen LogP contribution >= 0.6 is 0 Å². The Hall–Kier alpha value is -2.22. The van der Waals surface area contributed by atoms with E-state index in [1.165, 1.54) is 13.0 Å². The monoisotopic (exact) mass is 288 g/mol. The van der Waals surface area contributed by atoms with Gasteiger partial charge >= 0.3 is 12.0 Å². The molecule has 0 radical (unpaired) electrons. The fourth-order valence-corrected chi connectivity index (χ4v) is 1.39. The summed E-state index contributed by atoms with van der Waals surface area (Å²) >= 11 is 0. The van der Waals surface area contributed by atoms with Gasteiger partial charge in [-0.05, 0) is 18.6 Å². The van der Waals surface area contributed by atoms with Crippen LogP contribution in [0.25, 0.3) is 0 Å². The molecule has 0 aliphatic rings. The number of aryl methyl sites for hydroxylation is 1. The molecule has 8 heteroatoms. The number of aliphatic carboxylic acids is 1. The Balaban J connectivity index is 2.68. The summed E-state index contributed by atoms with van der Waals surface area (Å²) in [5.74, 6) is -3.08. The van der Waals surface area contributed by atoms with Crippen molar-refractivity contribution in [2.75, 3.05) is 19.0 Å². The molecule has 0 fully saturated rings. The molecule has 0 saturated heterocycles. The summed E-state index contributed by atoms with van der Waals surface area (Å²) in [5.41, 5.74) is -0.422. The third kappa shape index (κ3) is 3.89. The van der Waals surface area contributed by atoms with E-state index in [-0.39, 0.29) is 12.1 Å². The van der Waals surface area contributed by atoms with Gasteiger partial charge in [-0.1, -0.05) is 6.07 Å². The van der Waals surface area contributed by atoms with Gasteiger partial charge < -0.3 is 20.5 Å². The fraction of sp³-hybridized carbons (Fsp3) is 0.333. The van der Waals surface area contributed by atoms with Gasteiger partial charge in [0.2, 0.25) is 0 Å². The van der Waals surface area contributed by atoms with Crippen LogP contribution in [0.4, 0.5) is 19.3 Å². The molecular weight excluding hydrogens is 274 g/mol. The molecule has 3 N–H and O–H groups in total. The first-order valence-electron chi connectivity index (χ1n) is 5.61. The number of carboxylic acids is 1. The van der Waals surface area contributed by atoms with Gasteiger partial charge in [0.15, 0.2) is 11.9 Å². The average Bonchev–Trinajstić information content (AvgIpc) is 2.39. The highest BCUT2D eigenvalue weighted by Crippen LogP contribution is 2.21. The number of hydrogen-bond donors (Lipinski definition) is 3. The van der Waals surface area contributed by atoms with Crippen LogP contribution in [0.2, 0.25) is 0 Å². The van der Waals surface area contributed by atoms with E-state index in [9.17, 15) is 18.4 Å². The summed E-state index contributed by atoms with van der Waals surface area (Å²) in [5, 5.41) is 12.8. The molecule has 0 heterocycles. The number of rotatable bonds is 5. The lowest BCUT2D eigenvalue weighted by Gasteiger charge is -2.13. The van der Waals surface area contributed by atoms with Crippen molar-refractivity contribution < 1.29 is 28.2 Å². The minimum Gasteiger partial charge on any atom is -0.479 e. The highest BCUT2D eigenvalue weighted by molar-refractivity contribution is 5.90. The number of hydrogen-bond acceptors (Lipinski definition) is 3. The second-order valence-electron chi connectivity index (χ2n) is 3.95. The first kappa shape index (κ1) is 15.8. The number of halogens is 2. The molecule has 0 saturated carbocycles. The lowest BCUT2D eigenvalue weighted by molar-refractivity contribution is -0.147. The summed E-state index contributed by atoms with van der Waals surface area (Å²) in [6, 6.07) is 1.32. The Morgan fingerprint density at radius 3 is 2.60 bits per heavy atom. The van der Waals surface area contributed by atoms with E-state index in [0.717, 1.165) is 13.2 Å². The Labute approximate surface area is 113 Å². The van der Waals surface area contributed by atoms with Crippen LogP contribution in [0.1, 0.15) is 5.56 Å². The van der Waals surface area contributed by atoms with Crippen LogP contribution < -0.4 is 10.6 Å². The molecule has 110 valence electrons. The number of methoxy groups -OCH3 is 1. The fourth-order valence-electron chi connectivity index (χ4n) is 1.39. The zero-order valence-electron chi connectivity index (χ0n) is 10.9. The minimum absolute atomic E-state index is 0.169. The van der Waals surface area contributed by atoms with E-state index in [1.54, 1.807) is 0 Å². The average molecular weight is 288 g/mol. The van der Waals surface area contributed by atoms with Gasteiger partial charge in [0, 0.05) is 7.11 Å². The van der Waals surface area contributed by atoms with Crippen LogP contribution in [0, 0.1) is 18.6 Å². The van der Waals surface area contributed by atoms with E-state index in [1.807, 2.05) is 5.32 Å². The van der Waals surface area contributed by atoms with Crippen molar-refractivity contribution in [2.45, 2.75) is 13.0 Å². The number of carbonyl (C=O) groups excluding carboxylic acids is 1. The molecule has 2 amide bonds. The van der Waals surface area contributed by atoms with Crippen molar-refractivity contribution in [3.8, 4) is 0 Å². The first-order chi connectivity index (χ1) is 9.36. The molecular formula is C12H14F2N2O4. The molecule has 1 rings (SSSR count). The van der Waals surface area contributed by atoms with Crippen molar-refractivity contribution in [1.82, 2.24) is 5.32 Å². The maximum atomic E-state index is 13.6. The predicted octanol–water partition coefficient (Wildman–Crippen LogP) is 1.49. The molecule has 0 aliphatic heterocycles. The lowest BCUT2D eigenvalue weighted by Crippen LogP contribution is -2.40. The number of nitrogens with one attached hydrogen (secondary N) is 2. The maximum absolute atomic E-state index is 13.6. The first-order valence-corrected chi connectivity index (χ1v) is 5.61. The van der Waals surface area contributed by atoms with Crippen LogP contribution in [0.15, 0.2) is 12.1 Å². The summed E-state index contributed by atoms with van der Waals surface area (Å²) in [4.78, 5) is 22.1. The van der Waals surface area contributed by atoms with E-state index in [4.69, 9.17) is 5.11 Å². The topological polar surface area (TPSA) is 87.7 Å². The molecule has 0 aliphatic carbocycles. The van der Waals surface area contributed by atoms with Crippen molar-refractivity contribution in [3.05, 3.63) is 29.3 Å². The van der Waals surface area contributed by atoms with Crippen LogP contribution in [-0.4, -0.2) is 36.9 Å². The van der Waals surface area contributed by atoms with E-state index in [0.29, 0.717) is 0 Å². The Bertz CT molecular complexity index is 522. The smallest absolute Gasteiger partial charge is 0.334 e. The molecule has 0 spiro atoms. The third-order valence-electron chi connectivity index (χ3n) is 2.53. The van der Waals surface area contributed by atoms with Gasteiger partial charge in [-0.2, -0.15) is 0 Å². The number of benzene rings is 1. The Kier molecular flexibility index (Phi) is 5.39. The molecule has 1 aromatic carbocycles. The van der Waals surface area contributed by atoms with Crippen molar-refractivity contribution in [2.24, 2.45) is 0 Å². The van der Waals surface area contributed by atoms with Gasteiger partial charge in [0.05, 0.1) is 6.54 Å². The number of anilines is 1. The maximum Gasteiger partial charge on any atom is 0.334 e. The second-order valence-corrected chi connectivity index (χ2v) is 3.95. The zero-order valence-corrected chi connectivity index (χ0v) is 10.9. The van der Waals surface area contributed by atoms with Gasteiger partial charge in [-0.25, -0.2) is 18.4 Å². The second kappa shape index (κ2) is 6.80. The number of ether oxygens (including phenoxy) is 1. The van der Waals surface area contributed by atoms with Crippen molar-refractivity contribution in [1.29, 1.82) is 0 Å². The third-order valence-corrected chi connectivity index (χ3v) is 2.53. The number of carboxylic acid groups (broad SMARTS) is 1. The summed E-state index contributed by atoms with van der Waals surface area (Å²) in [6.07, 6.45) is -1.24. The summed E-state index contributed by atoms with van der Waals surface area (Å²) < 4.78 is 31.6. The Morgan fingerprint density at radius 2 is 2.05 bits per heavy atom. The molecule has 0 bridgehead atoms. The van der Waals surface area contributed by atoms with Crippen LogP contribution in [0.3, 0.4) is 0 Å². The van der Waals surface area contributed by atoms with Crippen LogP contribution in [-0.2, 0) is 9.53 Å². The number of urea groups is 1. The van der Waals surface area contributed by atoms with Crippen LogP contribution in [0.5, 0.6) is 0 Å². The molecule has 6 nitrogen and oxygen atoms in total. The lowest BCUT2D eigenvalue weighted by atomic mass is 10.2. The van der Waals surface area contributed by atoms with Gasteiger partial charge in [0.25, 0.3) is 0 Å². The number of amides is 2. The molecule has 1 aromatic rings. The van der Waals surface area contributed by atoms with Gasteiger partial charge in [0.1, 0.15) is 11.5 Å². The number of carbonyl (C=O) groups is 2. The standard InChI is InChI=1S/C12H14F2N2O4/c1-6-3-4-7(13)10(9(6)14)16-12(19)15-5-8(20-2)11(17)18/h3-4,8H,5H2,1-2H3,(H,17,18)(H2,15,16,19). The highest BCUT2D eigenvalue weighted by atomic mass is 19.1. The van der Waals surface area contributed by atoms with Crippen molar-refractivity contribution >= 4 is 17.7 Å². The summed E-state index contributed by atoms with van der Waals surface area (Å²) in [7, 11) is 1.16. The SMILES string of the molecule is COC(CNC(=O)Nc1c(F)ccc(C)c1F)C(=O)O. The normalized spacial score (nSPS) is 11.8. The molecule has 1 atom stereocenters. The Morgan fingerprint density at radius 1 is 1.40 bits per heavy atom. The van der Waals surface area contributed by atoms with E-state index in [2.05, 4.69) is 10.1 Å². The highest BCUT2D eigenvalue weighted by Gasteiger charge is 2.18. The van der Waals surface area contributed by atoms with E-state index >= 15 is 0 Å². The minimum atomic E-state index is -1.26. The van der Waals surface area contributed by atoms with E-state index < -0.39 is 35.4 Å². The zero-order chi connectivity index (χ0) is 15.3. The summed E-state index contributed by atoms with van der Waals surface area (Å²) in [6.45, 7) is 1.08. The van der Waals surface area contributed by atoms with Crippen molar-refractivity contribution in [3.63, 3.8) is 0 Å². The molecule has 1 unspecified atom stereocenters.